The number of carbonyl (C=O) groups is 1. The highest BCUT2D eigenvalue weighted by molar-refractivity contribution is 5.75. The molecular formula is C8H13N3O2. The van der Waals surface area contributed by atoms with Crippen molar-refractivity contribution in [2.24, 2.45) is 5.73 Å². The molecule has 1 aromatic rings. The van der Waals surface area contributed by atoms with Gasteiger partial charge in [0.25, 0.3) is 0 Å². The second-order valence-corrected chi connectivity index (χ2v) is 3.51. The first-order chi connectivity index (χ1) is 5.96. The summed E-state index contributed by atoms with van der Waals surface area (Å²) >= 11 is 0. The normalized spacial score (nSPS) is 14.1. The number of carboxylic acid groups (broad SMARTS) is 1. The summed E-state index contributed by atoms with van der Waals surface area (Å²) in [5, 5.41) is 15.2. The van der Waals surface area contributed by atoms with Gasteiger partial charge in [-0.2, -0.15) is 5.10 Å². The molecule has 0 saturated carbocycles. The van der Waals surface area contributed by atoms with Crippen molar-refractivity contribution in [3.8, 4) is 0 Å². The molecule has 4 N–H and O–H groups in total. The molecule has 0 radical (unpaired) electrons. The fraction of sp³-hybridized carbons (Fsp3) is 0.500. The van der Waals surface area contributed by atoms with Crippen LogP contribution in [0, 0.1) is 0 Å². The number of aliphatic carboxylic acids is 1. The molecule has 5 nitrogen and oxygen atoms in total. The molecule has 5 heteroatoms. The number of aromatic nitrogens is 2. The molecule has 0 bridgehead atoms. The van der Waals surface area contributed by atoms with Gasteiger partial charge in [-0.1, -0.05) is 13.8 Å². The number of carboxylic acids is 1. The zero-order chi connectivity index (χ0) is 10.1. The van der Waals surface area contributed by atoms with Gasteiger partial charge in [0.15, 0.2) is 0 Å². The van der Waals surface area contributed by atoms with E-state index in [0.717, 1.165) is 5.69 Å². The van der Waals surface area contributed by atoms with E-state index in [0.29, 0.717) is 0 Å². The van der Waals surface area contributed by atoms with Crippen LogP contribution in [0.1, 0.15) is 19.5 Å². The minimum atomic E-state index is -1.01. The van der Waals surface area contributed by atoms with E-state index in [1.54, 1.807) is 26.1 Å². The van der Waals surface area contributed by atoms with E-state index in [1.807, 2.05) is 0 Å². The maximum absolute atomic E-state index is 10.7. The van der Waals surface area contributed by atoms with Gasteiger partial charge in [-0.05, 0) is 6.07 Å². The van der Waals surface area contributed by atoms with Crippen molar-refractivity contribution in [3.05, 3.63) is 18.0 Å². The molecule has 0 spiro atoms. The first-order valence-electron chi connectivity index (χ1n) is 3.94. The molecule has 0 saturated heterocycles. The van der Waals surface area contributed by atoms with Crippen LogP contribution in [0.2, 0.25) is 0 Å². The lowest BCUT2D eigenvalue weighted by molar-refractivity contribution is -0.140. The Bertz CT molecular complexity index is 292. The summed E-state index contributed by atoms with van der Waals surface area (Å²) in [6.07, 6.45) is 1.58. The largest absolute Gasteiger partial charge is 0.480 e. The predicted molar refractivity (Wildman–Crippen MR) is 47.2 cm³/mol. The molecule has 1 aromatic heterocycles. The third-order valence-corrected chi connectivity index (χ3v) is 2.24. The Morgan fingerprint density at radius 2 is 2.38 bits per heavy atom. The molecule has 0 aliphatic rings. The van der Waals surface area contributed by atoms with Crippen molar-refractivity contribution in [1.82, 2.24) is 10.2 Å². The van der Waals surface area contributed by atoms with Crippen molar-refractivity contribution in [3.63, 3.8) is 0 Å². The Kier molecular flexibility index (Phi) is 2.38. The average Bonchev–Trinajstić information content (AvgIpc) is 2.54. The topological polar surface area (TPSA) is 92.0 Å². The van der Waals surface area contributed by atoms with E-state index in [-0.39, 0.29) is 0 Å². The van der Waals surface area contributed by atoms with Crippen LogP contribution < -0.4 is 5.73 Å². The molecule has 1 heterocycles. The molecule has 0 aromatic carbocycles. The van der Waals surface area contributed by atoms with Crippen molar-refractivity contribution < 1.29 is 9.90 Å². The van der Waals surface area contributed by atoms with Crippen LogP contribution in [0.15, 0.2) is 12.3 Å². The predicted octanol–water partition coefficient (Wildman–Crippen LogP) is 0.0992. The number of H-pyrrole nitrogens is 1. The van der Waals surface area contributed by atoms with Crippen LogP contribution in [0.4, 0.5) is 0 Å². The van der Waals surface area contributed by atoms with Gasteiger partial charge in [-0.15, -0.1) is 0 Å². The zero-order valence-corrected chi connectivity index (χ0v) is 7.61. The first kappa shape index (κ1) is 9.73. The lowest BCUT2D eigenvalue weighted by Crippen LogP contribution is -2.47. The second-order valence-electron chi connectivity index (χ2n) is 3.51. The van der Waals surface area contributed by atoms with E-state index < -0.39 is 17.4 Å². The highest BCUT2D eigenvalue weighted by Crippen LogP contribution is 2.23. The third kappa shape index (κ3) is 1.70. The number of hydrogen-bond donors (Lipinski definition) is 3. The smallest absolute Gasteiger partial charge is 0.321 e. The van der Waals surface area contributed by atoms with Crippen LogP contribution >= 0.6 is 0 Å². The summed E-state index contributed by atoms with van der Waals surface area (Å²) < 4.78 is 0. The van der Waals surface area contributed by atoms with Crippen molar-refractivity contribution in [1.29, 1.82) is 0 Å². The van der Waals surface area contributed by atoms with Crippen molar-refractivity contribution >= 4 is 5.97 Å². The van der Waals surface area contributed by atoms with E-state index >= 15 is 0 Å². The summed E-state index contributed by atoms with van der Waals surface area (Å²) in [6, 6.07) is 0.788. The van der Waals surface area contributed by atoms with Gasteiger partial charge in [0.1, 0.15) is 6.04 Å². The Morgan fingerprint density at radius 3 is 2.77 bits per heavy atom. The molecule has 13 heavy (non-hydrogen) atoms. The standard InChI is InChI=1S/C8H13N3O2/c1-8(2,6(9)7(12)13)5-3-4-10-11-5/h3-4,6H,9H2,1-2H3,(H,10,11)(H,12,13). The van der Waals surface area contributed by atoms with Gasteiger partial charge < -0.3 is 10.8 Å². The highest BCUT2D eigenvalue weighted by atomic mass is 16.4. The quantitative estimate of drug-likeness (QED) is 0.619. The minimum Gasteiger partial charge on any atom is -0.480 e. The van der Waals surface area contributed by atoms with E-state index in [9.17, 15) is 4.79 Å². The van der Waals surface area contributed by atoms with Gasteiger partial charge in [0.05, 0.1) is 0 Å². The summed E-state index contributed by atoms with van der Waals surface area (Å²) in [5.74, 6) is -1.01. The summed E-state index contributed by atoms with van der Waals surface area (Å²) in [4.78, 5) is 10.7. The van der Waals surface area contributed by atoms with Gasteiger partial charge >= 0.3 is 5.97 Å². The maximum Gasteiger partial charge on any atom is 0.321 e. The average molecular weight is 183 g/mol. The van der Waals surface area contributed by atoms with Crippen LogP contribution in [-0.2, 0) is 10.2 Å². The highest BCUT2D eigenvalue weighted by Gasteiger charge is 2.34. The molecular weight excluding hydrogens is 170 g/mol. The van der Waals surface area contributed by atoms with E-state index in [4.69, 9.17) is 10.8 Å². The Balaban J connectivity index is 2.95. The molecule has 0 fully saturated rings. The summed E-state index contributed by atoms with van der Waals surface area (Å²) in [5.41, 5.74) is 5.63. The zero-order valence-electron chi connectivity index (χ0n) is 7.61. The Morgan fingerprint density at radius 1 is 1.77 bits per heavy atom. The number of nitrogens with one attached hydrogen (secondary N) is 1. The molecule has 0 aliphatic heterocycles. The number of hydrogen-bond acceptors (Lipinski definition) is 3. The van der Waals surface area contributed by atoms with E-state index in [2.05, 4.69) is 10.2 Å². The van der Waals surface area contributed by atoms with Gasteiger partial charge in [-0.25, -0.2) is 0 Å². The number of nitrogens with zero attached hydrogens (tertiary/aromatic N) is 1. The fourth-order valence-electron chi connectivity index (χ4n) is 1.09. The lowest BCUT2D eigenvalue weighted by Gasteiger charge is -2.26. The minimum absolute atomic E-state index is 0.637. The lowest BCUT2D eigenvalue weighted by atomic mass is 9.82. The maximum atomic E-state index is 10.7. The monoisotopic (exact) mass is 183 g/mol. The molecule has 1 rings (SSSR count). The molecule has 0 amide bonds. The summed E-state index contributed by atoms with van der Waals surface area (Å²) in [7, 11) is 0. The molecule has 1 atom stereocenters. The molecule has 0 aliphatic carbocycles. The first-order valence-corrected chi connectivity index (χ1v) is 3.94. The Hall–Kier alpha value is -1.36. The second kappa shape index (κ2) is 3.18. The number of rotatable bonds is 3. The van der Waals surface area contributed by atoms with Gasteiger partial charge in [0.2, 0.25) is 0 Å². The van der Waals surface area contributed by atoms with Gasteiger partial charge in [0, 0.05) is 17.3 Å². The molecule has 1 unspecified atom stereocenters. The Labute approximate surface area is 75.9 Å². The van der Waals surface area contributed by atoms with Crippen LogP contribution in [0.3, 0.4) is 0 Å². The van der Waals surface area contributed by atoms with Crippen LogP contribution in [-0.4, -0.2) is 27.3 Å². The third-order valence-electron chi connectivity index (χ3n) is 2.24. The number of nitrogens with two attached hydrogens (primary N) is 1. The fourth-order valence-corrected chi connectivity index (χ4v) is 1.09. The van der Waals surface area contributed by atoms with Crippen LogP contribution in [0.25, 0.3) is 0 Å². The SMILES string of the molecule is CC(C)(c1ccn[nH]1)C(N)C(=O)O. The molecule has 72 valence electrons. The van der Waals surface area contributed by atoms with Crippen molar-refractivity contribution in [2.75, 3.05) is 0 Å². The van der Waals surface area contributed by atoms with E-state index in [1.165, 1.54) is 0 Å². The number of aromatic amines is 1. The van der Waals surface area contributed by atoms with Crippen molar-refractivity contribution in [2.45, 2.75) is 25.3 Å². The van der Waals surface area contributed by atoms with Crippen LogP contribution in [0.5, 0.6) is 0 Å². The van der Waals surface area contributed by atoms with Gasteiger partial charge in [-0.3, -0.25) is 9.89 Å². The summed E-state index contributed by atoms with van der Waals surface area (Å²) in [6.45, 7) is 3.53.